The zero-order valence-electron chi connectivity index (χ0n) is 11.4. The van der Waals surface area contributed by atoms with E-state index in [1.807, 2.05) is 0 Å². The van der Waals surface area contributed by atoms with Crippen molar-refractivity contribution in [3.8, 4) is 0 Å². The second-order valence-electron chi connectivity index (χ2n) is 3.85. The fourth-order valence-corrected chi connectivity index (χ4v) is 0.959. The number of carboxylic acid groups (broad SMARTS) is 2. The number of hydrogen-bond donors (Lipinski definition) is 3. The standard InChI is InChI=1S/C6H13N2O.C5H9NO4.Zn/c7-4-2-1-3-6(8)5-9;6-3(5(9)10)1-2-4(7)8;/h6H,1-4,7-8H2;3H,1-2,6H2,(H,7,8)(H,9,10);/q-1;;+2/p-2. The topological polar surface area (TPSA) is 175 Å². The summed E-state index contributed by atoms with van der Waals surface area (Å²) >= 11 is 0. The van der Waals surface area contributed by atoms with E-state index >= 15 is 0 Å². The van der Waals surface area contributed by atoms with E-state index in [4.69, 9.17) is 17.2 Å². The van der Waals surface area contributed by atoms with Crippen LogP contribution >= 0.6 is 0 Å². The number of nitrogens with two attached hydrogens (primary N) is 3. The van der Waals surface area contributed by atoms with E-state index in [1.165, 1.54) is 0 Å². The Morgan fingerprint density at radius 2 is 1.65 bits per heavy atom. The van der Waals surface area contributed by atoms with E-state index in [0.29, 0.717) is 13.0 Å². The number of carboxylic acids is 2. The molecule has 20 heavy (non-hydrogen) atoms. The van der Waals surface area contributed by atoms with Gasteiger partial charge < -0.3 is 41.8 Å². The van der Waals surface area contributed by atoms with Crippen molar-refractivity contribution in [2.45, 2.75) is 44.2 Å². The molecular weight excluding hydrogens is 320 g/mol. The molecule has 0 rings (SSSR count). The first kappa shape index (κ1) is 24.2. The van der Waals surface area contributed by atoms with Gasteiger partial charge >= 0.3 is 19.5 Å². The SMILES string of the molecule is NC(CCC(=O)[O-])C(=O)[O-].NCCCCC(N)[C-]=O.[Zn+2]. The summed E-state index contributed by atoms with van der Waals surface area (Å²) in [6.07, 6.45) is 3.78. The second kappa shape index (κ2) is 16.2. The molecule has 112 valence electrons. The molecule has 2 atom stereocenters. The Balaban J connectivity index is -0.000000277. The Hall–Kier alpha value is -0.887. The molecule has 0 heterocycles. The number of hydrogen-bond acceptors (Lipinski definition) is 8. The smallest absolute Gasteiger partial charge is 0.550 e. The van der Waals surface area contributed by atoms with Gasteiger partial charge in [0, 0.05) is 12.0 Å². The molecule has 0 spiro atoms. The van der Waals surface area contributed by atoms with Crippen LogP contribution in [-0.4, -0.2) is 36.9 Å². The van der Waals surface area contributed by atoms with Crippen LogP contribution in [0.1, 0.15) is 32.1 Å². The molecule has 0 bridgehead atoms. The van der Waals surface area contributed by atoms with Crippen molar-refractivity contribution in [2.75, 3.05) is 6.54 Å². The second-order valence-corrected chi connectivity index (χ2v) is 3.85. The Kier molecular flexibility index (Phi) is 19.5. The molecule has 0 saturated carbocycles. The molecule has 2 unspecified atom stereocenters. The van der Waals surface area contributed by atoms with Gasteiger partial charge in [0.2, 0.25) is 0 Å². The minimum atomic E-state index is -1.44. The summed E-state index contributed by atoms with van der Waals surface area (Å²) in [5.74, 6) is -2.75. The molecule has 0 aromatic rings. The molecule has 0 aromatic carbocycles. The van der Waals surface area contributed by atoms with Gasteiger partial charge in [0.1, 0.15) is 0 Å². The summed E-state index contributed by atoms with van der Waals surface area (Å²) in [6, 6.07) is -1.62. The van der Waals surface area contributed by atoms with Gasteiger partial charge in [0.15, 0.2) is 0 Å². The van der Waals surface area contributed by atoms with E-state index in [2.05, 4.69) is 0 Å². The van der Waals surface area contributed by atoms with Gasteiger partial charge in [-0.2, -0.15) is 0 Å². The van der Waals surface area contributed by atoms with E-state index in [1.54, 1.807) is 6.29 Å². The van der Waals surface area contributed by atoms with Crippen molar-refractivity contribution in [1.82, 2.24) is 0 Å². The predicted molar refractivity (Wildman–Crippen MR) is 63.8 cm³/mol. The van der Waals surface area contributed by atoms with Crippen LogP contribution in [0.3, 0.4) is 0 Å². The van der Waals surface area contributed by atoms with Crippen LogP contribution in [0.5, 0.6) is 0 Å². The summed E-state index contributed by atoms with van der Waals surface area (Å²) in [7, 11) is 0. The summed E-state index contributed by atoms with van der Waals surface area (Å²) in [5, 5.41) is 19.6. The van der Waals surface area contributed by atoms with Crippen molar-refractivity contribution in [1.29, 1.82) is 0 Å². The summed E-state index contributed by atoms with van der Waals surface area (Å²) in [5.41, 5.74) is 15.4. The number of rotatable bonds is 9. The third kappa shape index (κ3) is 19.5. The number of unbranched alkanes of at least 4 members (excludes halogenated alkanes) is 1. The van der Waals surface area contributed by atoms with Gasteiger partial charge in [-0.25, -0.2) is 6.29 Å². The molecule has 6 N–H and O–H groups in total. The molecule has 0 aromatic heterocycles. The van der Waals surface area contributed by atoms with E-state index in [9.17, 15) is 24.6 Å². The van der Waals surface area contributed by atoms with Crippen molar-refractivity contribution in [3.05, 3.63) is 0 Å². The number of aliphatic carboxylic acids is 2. The maximum Gasteiger partial charge on any atom is 2.00 e. The van der Waals surface area contributed by atoms with Crippen molar-refractivity contribution in [3.63, 3.8) is 0 Å². The van der Waals surface area contributed by atoms with Gasteiger partial charge in [-0.15, -0.1) is 0 Å². The average molecular weight is 340 g/mol. The fraction of sp³-hybridized carbons (Fsp3) is 0.727. The van der Waals surface area contributed by atoms with Crippen molar-refractivity contribution in [2.24, 2.45) is 17.2 Å². The maximum atomic E-state index is 9.86. The monoisotopic (exact) mass is 338 g/mol. The average Bonchev–Trinajstić information content (AvgIpc) is 2.36. The van der Waals surface area contributed by atoms with Gasteiger partial charge in [-0.1, -0.05) is 18.9 Å². The Labute approximate surface area is 130 Å². The molecule has 0 saturated heterocycles. The largest absolute Gasteiger partial charge is 2.00 e. The predicted octanol–water partition coefficient (Wildman–Crippen LogP) is -3.86. The van der Waals surface area contributed by atoms with Gasteiger partial charge in [0.25, 0.3) is 0 Å². The van der Waals surface area contributed by atoms with Crippen LogP contribution in [0, 0.1) is 0 Å². The van der Waals surface area contributed by atoms with Crippen LogP contribution in [0.25, 0.3) is 0 Å². The van der Waals surface area contributed by atoms with Gasteiger partial charge in [0.05, 0.1) is 5.97 Å². The maximum absolute atomic E-state index is 9.86. The van der Waals surface area contributed by atoms with Crippen LogP contribution in [0.4, 0.5) is 0 Å². The van der Waals surface area contributed by atoms with Crippen molar-refractivity contribution < 1.29 is 44.1 Å². The molecule has 8 nitrogen and oxygen atoms in total. The third-order valence-corrected chi connectivity index (χ3v) is 2.08. The summed E-state index contributed by atoms with van der Waals surface area (Å²) in [6.45, 7) is 0.672. The Morgan fingerprint density at radius 3 is 2.00 bits per heavy atom. The number of carbonyl (C=O) groups is 2. The van der Waals surface area contributed by atoms with Crippen LogP contribution in [0.2, 0.25) is 0 Å². The van der Waals surface area contributed by atoms with Gasteiger partial charge in [-0.05, 0) is 25.8 Å². The first-order valence-corrected chi connectivity index (χ1v) is 5.84. The van der Waals surface area contributed by atoms with Crippen LogP contribution in [0.15, 0.2) is 0 Å². The first-order valence-electron chi connectivity index (χ1n) is 5.84. The molecule has 9 heteroatoms. The number of carbonyl (C=O) groups excluding carboxylic acids is 3. The van der Waals surface area contributed by atoms with Crippen LogP contribution < -0.4 is 27.4 Å². The van der Waals surface area contributed by atoms with E-state index < -0.39 is 24.0 Å². The Bertz CT molecular complexity index is 279. The molecule has 0 fully saturated rings. The first-order chi connectivity index (χ1) is 8.84. The van der Waals surface area contributed by atoms with E-state index in [0.717, 1.165) is 12.8 Å². The Morgan fingerprint density at radius 1 is 1.10 bits per heavy atom. The van der Waals surface area contributed by atoms with E-state index in [-0.39, 0.29) is 32.3 Å². The molecule has 0 amide bonds. The normalized spacial score (nSPS) is 12.2. The van der Waals surface area contributed by atoms with Crippen molar-refractivity contribution >= 4 is 18.2 Å². The van der Waals surface area contributed by atoms with Crippen LogP contribution in [-0.2, 0) is 33.9 Å². The minimum Gasteiger partial charge on any atom is -0.550 e. The molecule has 0 aliphatic heterocycles. The zero-order chi connectivity index (χ0) is 15.3. The summed E-state index contributed by atoms with van der Waals surface area (Å²) in [4.78, 5) is 29.4. The molecule has 0 radical (unpaired) electrons. The molecule has 0 aliphatic carbocycles. The third-order valence-electron chi connectivity index (χ3n) is 2.08. The summed E-state index contributed by atoms with van der Waals surface area (Å²) < 4.78 is 0. The zero-order valence-corrected chi connectivity index (χ0v) is 14.3. The molecular formula is C11H20N3O5Zn-. The quantitative estimate of drug-likeness (QED) is 0.217. The minimum absolute atomic E-state index is 0. The fourth-order valence-electron chi connectivity index (χ4n) is 0.959. The molecule has 0 aliphatic rings. The van der Waals surface area contributed by atoms with Gasteiger partial charge in [-0.3, -0.25) is 0 Å².